The minimum Gasteiger partial charge on any atom is -0.454 e. The molecule has 102 valence electrons. The van der Waals surface area contributed by atoms with Gasteiger partial charge in [-0.1, -0.05) is 29.4 Å². The second-order valence-corrected chi connectivity index (χ2v) is 4.66. The quantitative estimate of drug-likeness (QED) is 0.604. The average molecular weight is 277 g/mol. The van der Waals surface area contributed by atoms with Crippen molar-refractivity contribution in [3.63, 3.8) is 0 Å². The lowest BCUT2D eigenvalue weighted by Gasteiger charge is -1.99. The van der Waals surface area contributed by atoms with E-state index in [0.29, 0.717) is 17.0 Å². The summed E-state index contributed by atoms with van der Waals surface area (Å²) in [7, 11) is 0. The van der Waals surface area contributed by atoms with Gasteiger partial charge in [-0.05, 0) is 18.2 Å². The molecule has 0 aliphatic heterocycles. The van der Waals surface area contributed by atoms with E-state index in [1.807, 2.05) is 42.5 Å². The molecule has 0 saturated heterocycles. The molecule has 5 nitrogen and oxygen atoms in total. The fourth-order valence-electron chi connectivity index (χ4n) is 2.36. The third-order valence-corrected chi connectivity index (χ3v) is 3.33. The lowest BCUT2D eigenvalue weighted by Crippen LogP contribution is -1.87. The molecular formula is C16H11N3O2. The van der Waals surface area contributed by atoms with Gasteiger partial charge in [-0.3, -0.25) is 4.98 Å². The predicted octanol–water partition coefficient (Wildman–Crippen LogP) is 3.73. The van der Waals surface area contributed by atoms with Crippen molar-refractivity contribution in [2.45, 2.75) is 0 Å². The third kappa shape index (κ3) is 1.87. The molecule has 3 heterocycles. The second-order valence-electron chi connectivity index (χ2n) is 4.66. The maximum absolute atomic E-state index is 5.91. The number of furan rings is 1. The van der Waals surface area contributed by atoms with Crippen LogP contribution in [-0.2, 0) is 0 Å². The molecule has 0 amide bonds. The summed E-state index contributed by atoms with van der Waals surface area (Å²) in [6.07, 6.45) is 3.42. The zero-order valence-corrected chi connectivity index (χ0v) is 11.0. The van der Waals surface area contributed by atoms with Crippen LogP contribution in [0, 0.1) is 0 Å². The summed E-state index contributed by atoms with van der Waals surface area (Å²) in [5.41, 5.74) is 8.82. The smallest absolute Gasteiger partial charge is 0.230 e. The summed E-state index contributed by atoms with van der Waals surface area (Å²) in [6.45, 7) is 0. The highest BCUT2D eigenvalue weighted by Crippen LogP contribution is 2.37. The van der Waals surface area contributed by atoms with Crippen molar-refractivity contribution in [3.8, 4) is 22.6 Å². The van der Waals surface area contributed by atoms with Gasteiger partial charge in [0.05, 0.1) is 5.56 Å². The zero-order valence-electron chi connectivity index (χ0n) is 11.0. The predicted molar refractivity (Wildman–Crippen MR) is 79.4 cm³/mol. The highest BCUT2D eigenvalue weighted by molar-refractivity contribution is 5.89. The number of pyridine rings is 1. The molecule has 0 bridgehead atoms. The first-order valence-electron chi connectivity index (χ1n) is 6.47. The number of para-hydroxylation sites is 1. The first-order chi connectivity index (χ1) is 10.3. The molecule has 5 heteroatoms. The molecule has 0 fully saturated rings. The fraction of sp³-hybridized carbons (Fsp3) is 0. The van der Waals surface area contributed by atoms with Crippen LogP contribution >= 0.6 is 0 Å². The standard InChI is InChI=1S/C16H11N3O2/c17-16-14(11-5-3-7-18-9-11)15(19-21-16)13-8-10-4-1-2-6-12(10)20-13/h1-9H,17H2. The van der Waals surface area contributed by atoms with E-state index in [-0.39, 0.29) is 5.88 Å². The number of anilines is 1. The molecule has 0 aliphatic rings. The number of hydrogen-bond acceptors (Lipinski definition) is 5. The zero-order chi connectivity index (χ0) is 14.2. The number of nitrogens with two attached hydrogens (primary N) is 1. The van der Waals surface area contributed by atoms with Crippen molar-refractivity contribution < 1.29 is 8.94 Å². The van der Waals surface area contributed by atoms with Crippen molar-refractivity contribution in [2.24, 2.45) is 0 Å². The van der Waals surface area contributed by atoms with Crippen LogP contribution in [0.1, 0.15) is 0 Å². The van der Waals surface area contributed by atoms with E-state index in [1.54, 1.807) is 12.4 Å². The van der Waals surface area contributed by atoms with Crippen LogP contribution in [0.2, 0.25) is 0 Å². The largest absolute Gasteiger partial charge is 0.454 e. The maximum Gasteiger partial charge on any atom is 0.230 e. The minimum absolute atomic E-state index is 0.249. The first-order valence-corrected chi connectivity index (χ1v) is 6.47. The Morgan fingerprint density at radius 3 is 2.76 bits per heavy atom. The van der Waals surface area contributed by atoms with E-state index in [1.165, 1.54) is 0 Å². The van der Waals surface area contributed by atoms with Gasteiger partial charge in [-0.2, -0.15) is 0 Å². The van der Waals surface area contributed by atoms with Crippen LogP contribution in [0.3, 0.4) is 0 Å². The van der Waals surface area contributed by atoms with Crippen molar-refractivity contribution in [1.29, 1.82) is 0 Å². The Hall–Kier alpha value is -3.08. The van der Waals surface area contributed by atoms with E-state index >= 15 is 0 Å². The summed E-state index contributed by atoms with van der Waals surface area (Å²) in [5.74, 6) is 0.869. The molecule has 0 spiro atoms. The summed E-state index contributed by atoms with van der Waals surface area (Å²) in [5, 5.41) is 5.04. The van der Waals surface area contributed by atoms with Crippen molar-refractivity contribution in [2.75, 3.05) is 5.73 Å². The van der Waals surface area contributed by atoms with Gasteiger partial charge >= 0.3 is 0 Å². The topological polar surface area (TPSA) is 78.1 Å². The van der Waals surface area contributed by atoms with Gasteiger partial charge in [0.2, 0.25) is 5.88 Å². The van der Waals surface area contributed by atoms with E-state index in [0.717, 1.165) is 16.5 Å². The molecule has 3 aromatic heterocycles. The number of fused-ring (bicyclic) bond motifs is 1. The molecule has 0 unspecified atom stereocenters. The molecule has 1 aromatic carbocycles. The van der Waals surface area contributed by atoms with Crippen molar-refractivity contribution in [1.82, 2.24) is 10.1 Å². The van der Waals surface area contributed by atoms with Crippen LogP contribution in [-0.4, -0.2) is 10.1 Å². The fourth-order valence-corrected chi connectivity index (χ4v) is 2.36. The SMILES string of the molecule is Nc1onc(-c2cc3ccccc3o2)c1-c1cccnc1. The van der Waals surface area contributed by atoms with Crippen molar-refractivity contribution >= 4 is 16.9 Å². The Balaban J connectivity index is 1.93. The number of nitrogens with zero attached hydrogens (tertiary/aromatic N) is 2. The molecular weight excluding hydrogens is 266 g/mol. The monoisotopic (exact) mass is 277 g/mol. The Morgan fingerprint density at radius 2 is 1.95 bits per heavy atom. The van der Waals surface area contributed by atoms with Gasteiger partial charge in [0.25, 0.3) is 0 Å². The van der Waals surface area contributed by atoms with E-state index in [4.69, 9.17) is 14.7 Å². The van der Waals surface area contributed by atoms with Crippen LogP contribution in [0.5, 0.6) is 0 Å². The van der Waals surface area contributed by atoms with Gasteiger partial charge in [0.1, 0.15) is 5.58 Å². The minimum atomic E-state index is 0.249. The molecule has 4 aromatic rings. The first kappa shape index (κ1) is 11.7. The van der Waals surface area contributed by atoms with Gasteiger partial charge in [0, 0.05) is 23.3 Å². The van der Waals surface area contributed by atoms with E-state index in [9.17, 15) is 0 Å². The number of nitrogen functional groups attached to an aromatic ring is 1. The van der Waals surface area contributed by atoms with Crippen LogP contribution in [0.25, 0.3) is 33.6 Å². The summed E-state index contributed by atoms with van der Waals surface area (Å²) >= 11 is 0. The summed E-state index contributed by atoms with van der Waals surface area (Å²) < 4.78 is 11.0. The molecule has 2 N–H and O–H groups in total. The van der Waals surface area contributed by atoms with Crippen LogP contribution < -0.4 is 5.73 Å². The second kappa shape index (κ2) is 4.49. The number of rotatable bonds is 2. The third-order valence-electron chi connectivity index (χ3n) is 3.33. The van der Waals surface area contributed by atoms with Crippen LogP contribution in [0.4, 0.5) is 5.88 Å². The molecule has 21 heavy (non-hydrogen) atoms. The summed E-state index contributed by atoms with van der Waals surface area (Å²) in [6, 6.07) is 13.4. The van der Waals surface area contributed by atoms with Crippen LogP contribution in [0.15, 0.2) is 63.8 Å². The highest BCUT2D eigenvalue weighted by Gasteiger charge is 2.20. The number of hydrogen-bond donors (Lipinski definition) is 1. The van der Waals surface area contributed by atoms with E-state index < -0.39 is 0 Å². The van der Waals surface area contributed by atoms with Gasteiger partial charge in [0.15, 0.2) is 11.5 Å². The van der Waals surface area contributed by atoms with E-state index in [2.05, 4.69) is 10.1 Å². The maximum atomic E-state index is 5.91. The molecule has 0 saturated carbocycles. The lowest BCUT2D eigenvalue weighted by molar-refractivity contribution is 0.436. The van der Waals surface area contributed by atoms with Gasteiger partial charge in [-0.15, -0.1) is 0 Å². The van der Waals surface area contributed by atoms with Gasteiger partial charge < -0.3 is 14.7 Å². The van der Waals surface area contributed by atoms with Gasteiger partial charge in [-0.25, -0.2) is 0 Å². The Bertz CT molecular complexity index is 877. The number of benzene rings is 1. The Kier molecular flexibility index (Phi) is 2.50. The van der Waals surface area contributed by atoms with Crippen molar-refractivity contribution in [3.05, 3.63) is 54.9 Å². The molecule has 4 rings (SSSR count). The highest BCUT2D eigenvalue weighted by atomic mass is 16.5. The number of aromatic nitrogens is 2. The average Bonchev–Trinajstić information content (AvgIpc) is 3.11. The Labute approximate surface area is 120 Å². The Morgan fingerprint density at radius 1 is 1.05 bits per heavy atom. The molecule has 0 radical (unpaired) electrons. The normalized spacial score (nSPS) is 11.0. The summed E-state index contributed by atoms with van der Waals surface area (Å²) in [4.78, 5) is 4.10. The lowest BCUT2D eigenvalue weighted by atomic mass is 10.1. The molecule has 0 atom stereocenters. The molecule has 0 aliphatic carbocycles.